The molecule has 1 rings (SSSR count). The minimum Gasteiger partial charge on any atom is -0.325 e. The van der Waals surface area contributed by atoms with Crippen molar-refractivity contribution in [2.24, 2.45) is 0 Å². The van der Waals surface area contributed by atoms with E-state index in [1.165, 1.54) is 0 Å². The zero-order valence-corrected chi connectivity index (χ0v) is 6.29. The van der Waals surface area contributed by atoms with E-state index >= 15 is 0 Å². The van der Waals surface area contributed by atoms with Crippen LogP contribution in [0.25, 0.3) is 0 Å². The van der Waals surface area contributed by atoms with Gasteiger partial charge in [0.25, 0.3) is 0 Å². The molecule has 1 aromatic rings. The van der Waals surface area contributed by atoms with Crippen LogP contribution in [0.4, 0.5) is 5.69 Å². The van der Waals surface area contributed by atoms with Crippen molar-refractivity contribution in [3.05, 3.63) is 24.5 Å². The van der Waals surface area contributed by atoms with Crippen LogP contribution in [0.3, 0.4) is 0 Å². The maximum atomic E-state index is 10.8. The normalized spacial score (nSPS) is 9.18. The Balaban J connectivity index is 2.58. The summed E-state index contributed by atoms with van der Waals surface area (Å²) in [6, 6.07) is 4.45. The molecule has 1 amide bonds. The summed E-state index contributed by atoms with van der Waals surface area (Å²) < 4.78 is 0. The third-order valence-electron chi connectivity index (χ3n) is 1.21. The Bertz CT molecular complexity index is 233. The molecule has 3 nitrogen and oxygen atoms in total. The Labute approximate surface area is 65.5 Å². The molecular formula is C8H9N2O. The predicted octanol–water partition coefficient (Wildman–Crippen LogP) is 1.23. The van der Waals surface area contributed by atoms with E-state index in [0.717, 1.165) is 0 Å². The number of aromatic nitrogens is 1. The van der Waals surface area contributed by atoms with Gasteiger partial charge in [0.15, 0.2) is 0 Å². The SMILES string of the molecule is CCC(=O)Nc1c[c]cnc1. The molecule has 0 saturated heterocycles. The first-order valence-electron chi connectivity index (χ1n) is 3.44. The average molecular weight is 149 g/mol. The molecule has 1 heterocycles. The number of amides is 1. The fraction of sp³-hybridized carbons (Fsp3) is 0.250. The van der Waals surface area contributed by atoms with Gasteiger partial charge < -0.3 is 5.32 Å². The number of anilines is 1. The molecule has 0 unspecified atom stereocenters. The van der Waals surface area contributed by atoms with Crippen LogP contribution in [0.5, 0.6) is 0 Å². The van der Waals surface area contributed by atoms with Crippen LogP contribution in [0.1, 0.15) is 13.3 Å². The van der Waals surface area contributed by atoms with Gasteiger partial charge in [0.1, 0.15) is 0 Å². The van der Waals surface area contributed by atoms with Crippen molar-refractivity contribution in [2.75, 3.05) is 5.32 Å². The van der Waals surface area contributed by atoms with Crippen molar-refractivity contribution < 1.29 is 4.79 Å². The number of hydrogen-bond donors (Lipinski definition) is 1. The van der Waals surface area contributed by atoms with Gasteiger partial charge in [-0.3, -0.25) is 9.78 Å². The molecule has 11 heavy (non-hydrogen) atoms. The first kappa shape index (κ1) is 7.72. The van der Waals surface area contributed by atoms with E-state index in [1.54, 1.807) is 25.4 Å². The van der Waals surface area contributed by atoms with Gasteiger partial charge in [0, 0.05) is 18.7 Å². The van der Waals surface area contributed by atoms with Crippen molar-refractivity contribution >= 4 is 11.6 Å². The lowest BCUT2D eigenvalue weighted by Crippen LogP contribution is -2.09. The van der Waals surface area contributed by atoms with Crippen molar-refractivity contribution in [2.45, 2.75) is 13.3 Å². The number of nitrogens with zero attached hydrogens (tertiary/aromatic N) is 1. The monoisotopic (exact) mass is 149 g/mol. The number of carbonyl (C=O) groups is 1. The molecule has 0 aliphatic heterocycles. The van der Waals surface area contributed by atoms with Gasteiger partial charge in [-0.2, -0.15) is 0 Å². The fourth-order valence-corrected chi connectivity index (χ4v) is 0.643. The Morgan fingerprint density at radius 1 is 1.82 bits per heavy atom. The lowest BCUT2D eigenvalue weighted by atomic mass is 10.4. The average Bonchev–Trinajstić information content (AvgIpc) is 2.06. The highest BCUT2D eigenvalue weighted by atomic mass is 16.1. The topological polar surface area (TPSA) is 42.0 Å². The Morgan fingerprint density at radius 3 is 3.18 bits per heavy atom. The Hall–Kier alpha value is -1.38. The van der Waals surface area contributed by atoms with Gasteiger partial charge in [-0.05, 0) is 6.07 Å². The van der Waals surface area contributed by atoms with E-state index in [-0.39, 0.29) is 5.91 Å². The molecule has 1 N–H and O–H groups in total. The molecule has 0 saturated carbocycles. The third kappa shape index (κ3) is 2.37. The van der Waals surface area contributed by atoms with Crippen LogP contribution >= 0.6 is 0 Å². The highest BCUT2D eigenvalue weighted by Crippen LogP contribution is 2.01. The molecule has 0 aliphatic carbocycles. The second kappa shape index (κ2) is 3.71. The minimum absolute atomic E-state index is 0.00796. The van der Waals surface area contributed by atoms with Gasteiger partial charge in [-0.25, -0.2) is 0 Å². The molecule has 3 heteroatoms. The van der Waals surface area contributed by atoms with Crippen LogP contribution in [-0.4, -0.2) is 10.9 Å². The lowest BCUT2D eigenvalue weighted by Gasteiger charge is -1.99. The minimum atomic E-state index is -0.00796. The number of hydrogen-bond acceptors (Lipinski definition) is 2. The predicted molar refractivity (Wildman–Crippen MR) is 42.0 cm³/mol. The van der Waals surface area contributed by atoms with Crippen molar-refractivity contribution in [3.8, 4) is 0 Å². The fourth-order valence-electron chi connectivity index (χ4n) is 0.643. The number of pyridine rings is 1. The van der Waals surface area contributed by atoms with E-state index in [4.69, 9.17) is 0 Å². The number of carbonyl (C=O) groups excluding carboxylic acids is 1. The first-order valence-corrected chi connectivity index (χ1v) is 3.44. The Morgan fingerprint density at radius 2 is 2.64 bits per heavy atom. The summed E-state index contributed by atoms with van der Waals surface area (Å²) in [5, 5.41) is 2.66. The van der Waals surface area contributed by atoms with Gasteiger partial charge in [-0.1, -0.05) is 6.92 Å². The maximum absolute atomic E-state index is 10.8. The molecule has 0 bridgehead atoms. The molecule has 0 aromatic carbocycles. The summed E-state index contributed by atoms with van der Waals surface area (Å²) in [7, 11) is 0. The van der Waals surface area contributed by atoms with Gasteiger partial charge >= 0.3 is 0 Å². The molecule has 0 spiro atoms. The summed E-state index contributed by atoms with van der Waals surface area (Å²) in [5.41, 5.74) is 0.694. The van der Waals surface area contributed by atoms with E-state index in [2.05, 4.69) is 16.4 Å². The second-order valence-electron chi connectivity index (χ2n) is 2.08. The second-order valence-corrected chi connectivity index (χ2v) is 2.08. The van der Waals surface area contributed by atoms with Crippen LogP contribution in [0.2, 0.25) is 0 Å². The Kier molecular flexibility index (Phi) is 2.60. The highest BCUT2D eigenvalue weighted by Gasteiger charge is 1.96. The molecule has 1 radical (unpaired) electrons. The van der Waals surface area contributed by atoms with E-state index in [9.17, 15) is 4.79 Å². The van der Waals surface area contributed by atoms with Crippen molar-refractivity contribution in [1.82, 2.24) is 4.98 Å². The zero-order chi connectivity index (χ0) is 8.10. The smallest absolute Gasteiger partial charge is 0.224 e. The highest BCUT2D eigenvalue weighted by molar-refractivity contribution is 5.90. The summed E-state index contributed by atoms with van der Waals surface area (Å²) >= 11 is 0. The summed E-state index contributed by atoms with van der Waals surface area (Å²) in [6.45, 7) is 1.80. The van der Waals surface area contributed by atoms with Crippen molar-refractivity contribution in [1.29, 1.82) is 0 Å². The quantitative estimate of drug-likeness (QED) is 0.687. The molecular weight excluding hydrogens is 140 g/mol. The standard InChI is InChI=1S/C8H9N2O/c1-2-8(11)10-7-4-3-5-9-6-7/h4-6H,2H2,1H3,(H,10,11). The van der Waals surface area contributed by atoms with Gasteiger partial charge in [0.05, 0.1) is 11.9 Å². The van der Waals surface area contributed by atoms with E-state index in [1.807, 2.05) is 0 Å². The summed E-state index contributed by atoms with van der Waals surface area (Å²) in [5.74, 6) is -0.00796. The van der Waals surface area contributed by atoms with Crippen LogP contribution < -0.4 is 5.32 Å². The van der Waals surface area contributed by atoms with Gasteiger partial charge in [0.2, 0.25) is 5.91 Å². The van der Waals surface area contributed by atoms with Crippen LogP contribution in [0, 0.1) is 6.07 Å². The summed E-state index contributed by atoms with van der Waals surface area (Å²) in [4.78, 5) is 14.6. The number of rotatable bonds is 2. The largest absolute Gasteiger partial charge is 0.325 e. The van der Waals surface area contributed by atoms with Crippen molar-refractivity contribution in [3.63, 3.8) is 0 Å². The lowest BCUT2D eigenvalue weighted by molar-refractivity contribution is -0.115. The molecule has 57 valence electrons. The molecule has 0 fully saturated rings. The van der Waals surface area contributed by atoms with Crippen LogP contribution in [0.15, 0.2) is 18.5 Å². The summed E-state index contributed by atoms with van der Waals surface area (Å²) in [6.07, 6.45) is 3.61. The van der Waals surface area contributed by atoms with Gasteiger partial charge in [-0.15, -0.1) is 0 Å². The molecule has 1 aromatic heterocycles. The third-order valence-corrected chi connectivity index (χ3v) is 1.21. The maximum Gasteiger partial charge on any atom is 0.224 e. The van der Waals surface area contributed by atoms with E-state index in [0.29, 0.717) is 12.1 Å². The first-order chi connectivity index (χ1) is 5.33. The molecule has 0 aliphatic rings. The van der Waals surface area contributed by atoms with Crippen LogP contribution in [-0.2, 0) is 4.79 Å². The molecule has 0 atom stereocenters. The zero-order valence-electron chi connectivity index (χ0n) is 6.29. The number of nitrogens with one attached hydrogen (secondary N) is 1. The van der Waals surface area contributed by atoms with E-state index < -0.39 is 0 Å².